The van der Waals surface area contributed by atoms with Crippen LogP contribution in [0.2, 0.25) is 0 Å². The van der Waals surface area contributed by atoms with E-state index in [2.05, 4.69) is 11.8 Å². The summed E-state index contributed by atoms with van der Waals surface area (Å²) in [7, 11) is 0. The molecule has 1 aliphatic heterocycles. The van der Waals surface area contributed by atoms with Crippen LogP contribution in [0.5, 0.6) is 0 Å². The molecule has 0 radical (unpaired) electrons. The molecule has 2 saturated carbocycles. The molecule has 3 aliphatic rings. The normalized spacial score (nSPS) is 41.7. The number of likely N-dealkylation sites (tertiary alicyclic amines) is 1. The van der Waals surface area contributed by atoms with Crippen molar-refractivity contribution in [2.75, 3.05) is 13.1 Å². The average Bonchev–Trinajstić information content (AvgIpc) is 2.84. The minimum absolute atomic E-state index is 0.360. The molecule has 0 aromatic heterocycles. The van der Waals surface area contributed by atoms with Gasteiger partial charge in [0.2, 0.25) is 0 Å². The second-order valence-electron chi connectivity index (χ2n) is 8.11. The van der Waals surface area contributed by atoms with Crippen LogP contribution in [0, 0.1) is 11.8 Å². The summed E-state index contributed by atoms with van der Waals surface area (Å²) in [5, 5.41) is 0. The van der Waals surface area contributed by atoms with Crippen molar-refractivity contribution < 1.29 is 0 Å². The molecular formula is C19H36N2. The molecule has 0 aromatic carbocycles. The summed E-state index contributed by atoms with van der Waals surface area (Å²) in [6.45, 7) is 4.58. The largest absolute Gasteiger partial charge is 0.329 e. The minimum Gasteiger partial charge on any atom is -0.329 e. The second-order valence-corrected chi connectivity index (χ2v) is 8.11. The molecule has 2 N–H and O–H groups in total. The summed E-state index contributed by atoms with van der Waals surface area (Å²) in [4.78, 5) is 2.92. The lowest BCUT2D eigenvalue weighted by molar-refractivity contribution is 0.0414. The van der Waals surface area contributed by atoms with E-state index in [9.17, 15) is 0 Å². The molecule has 122 valence electrons. The van der Waals surface area contributed by atoms with Gasteiger partial charge >= 0.3 is 0 Å². The van der Waals surface area contributed by atoms with Gasteiger partial charge in [-0.25, -0.2) is 0 Å². The Morgan fingerprint density at radius 2 is 1.86 bits per heavy atom. The monoisotopic (exact) mass is 292 g/mol. The smallest absolute Gasteiger partial charge is 0.0334 e. The van der Waals surface area contributed by atoms with E-state index in [1.165, 1.54) is 83.6 Å². The molecule has 4 atom stereocenters. The van der Waals surface area contributed by atoms with Crippen molar-refractivity contribution >= 4 is 0 Å². The molecule has 4 unspecified atom stereocenters. The van der Waals surface area contributed by atoms with Crippen molar-refractivity contribution in [3.05, 3.63) is 0 Å². The van der Waals surface area contributed by atoms with E-state index in [0.29, 0.717) is 5.54 Å². The standard InChI is InChI=1S/C19H36N2/c1-2-6-16-7-5-12-19(15-20,13-10-16)21-14-11-17-8-3-4-9-18(17)21/h16-18H,2-15,20H2,1H3. The predicted octanol–water partition coefficient (Wildman–Crippen LogP) is 4.33. The Labute approximate surface area is 131 Å². The first-order chi connectivity index (χ1) is 10.3. The van der Waals surface area contributed by atoms with E-state index in [1.807, 2.05) is 0 Å². The summed E-state index contributed by atoms with van der Waals surface area (Å²) in [5.74, 6) is 1.98. The summed E-state index contributed by atoms with van der Waals surface area (Å²) >= 11 is 0. The zero-order valence-electron chi connectivity index (χ0n) is 14.2. The molecule has 2 aliphatic carbocycles. The number of nitrogens with zero attached hydrogens (tertiary/aromatic N) is 1. The van der Waals surface area contributed by atoms with Gasteiger partial charge < -0.3 is 5.73 Å². The lowest BCUT2D eigenvalue weighted by Crippen LogP contribution is -2.56. The Hall–Kier alpha value is -0.0800. The fraction of sp³-hybridized carbons (Fsp3) is 1.00. The van der Waals surface area contributed by atoms with E-state index in [1.54, 1.807) is 0 Å². The van der Waals surface area contributed by atoms with Gasteiger partial charge in [0.25, 0.3) is 0 Å². The molecule has 2 heteroatoms. The fourth-order valence-electron chi connectivity index (χ4n) is 5.76. The van der Waals surface area contributed by atoms with Crippen LogP contribution in [0.3, 0.4) is 0 Å². The molecule has 1 saturated heterocycles. The van der Waals surface area contributed by atoms with Crippen LogP contribution >= 0.6 is 0 Å². The topological polar surface area (TPSA) is 29.3 Å². The molecule has 0 amide bonds. The zero-order chi connectivity index (χ0) is 14.7. The molecule has 3 fully saturated rings. The highest BCUT2D eigenvalue weighted by Gasteiger charge is 2.46. The molecule has 3 rings (SSSR count). The molecule has 2 nitrogen and oxygen atoms in total. The summed E-state index contributed by atoms with van der Waals surface area (Å²) < 4.78 is 0. The van der Waals surface area contributed by atoms with Crippen molar-refractivity contribution in [1.82, 2.24) is 4.90 Å². The van der Waals surface area contributed by atoms with Crippen LogP contribution in [0.4, 0.5) is 0 Å². The molecule has 1 heterocycles. The Bertz CT molecular complexity index is 330. The van der Waals surface area contributed by atoms with E-state index in [-0.39, 0.29) is 0 Å². The highest BCUT2D eigenvalue weighted by Crippen LogP contribution is 2.44. The quantitative estimate of drug-likeness (QED) is 0.782. The highest BCUT2D eigenvalue weighted by molar-refractivity contribution is 5.02. The van der Waals surface area contributed by atoms with Crippen molar-refractivity contribution in [2.24, 2.45) is 17.6 Å². The highest BCUT2D eigenvalue weighted by atomic mass is 15.3. The summed E-state index contributed by atoms with van der Waals surface area (Å²) in [5.41, 5.74) is 6.75. The zero-order valence-corrected chi connectivity index (χ0v) is 14.2. The van der Waals surface area contributed by atoms with Crippen molar-refractivity contribution in [3.63, 3.8) is 0 Å². The van der Waals surface area contributed by atoms with E-state index in [0.717, 1.165) is 24.4 Å². The molecule has 21 heavy (non-hydrogen) atoms. The van der Waals surface area contributed by atoms with E-state index >= 15 is 0 Å². The third-order valence-corrected chi connectivity index (χ3v) is 6.97. The maximum atomic E-state index is 6.39. The number of nitrogens with two attached hydrogens (primary N) is 1. The van der Waals surface area contributed by atoms with Gasteiger partial charge in [0.05, 0.1) is 0 Å². The fourth-order valence-corrected chi connectivity index (χ4v) is 5.76. The first kappa shape index (κ1) is 15.8. The molecule has 0 aromatic rings. The Balaban J connectivity index is 1.71. The van der Waals surface area contributed by atoms with Crippen LogP contribution in [0.15, 0.2) is 0 Å². The molecular weight excluding hydrogens is 256 g/mol. The minimum atomic E-state index is 0.360. The first-order valence-corrected chi connectivity index (χ1v) is 9.76. The lowest BCUT2D eigenvalue weighted by Gasteiger charge is -2.46. The van der Waals surface area contributed by atoms with Crippen molar-refractivity contribution in [1.29, 1.82) is 0 Å². The van der Waals surface area contributed by atoms with Crippen LogP contribution < -0.4 is 5.73 Å². The molecule has 0 bridgehead atoms. The van der Waals surface area contributed by atoms with E-state index < -0.39 is 0 Å². The lowest BCUT2D eigenvalue weighted by atomic mass is 9.81. The van der Waals surface area contributed by atoms with Crippen LogP contribution in [-0.2, 0) is 0 Å². The van der Waals surface area contributed by atoms with Gasteiger partial charge in [-0.15, -0.1) is 0 Å². The SMILES string of the molecule is CCCC1CCCC(CN)(N2CCC3CCCCC32)CC1. The third-order valence-electron chi connectivity index (χ3n) is 6.97. The Kier molecular flexibility index (Phi) is 5.27. The number of hydrogen-bond donors (Lipinski definition) is 1. The van der Waals surface area contributed by atoms with Gasteiger partial charge in [-0.2, -0.15) is 0 Å². The first-order valence-electron chi connectivity index (χ1n) is 9.76. The van der Waals surface area contributed by atoms with Crippen LogP contribution in [0.1, 0.15) is 84.0 Å². The summed E-state index contributed by atoms with van der Waals surface area (Å²) in [6, 6.07) is 0.880. The van der Waals surface area contributed by atoms with Gasteiger partial charge in [0, 0.05) is 18.1 Å². The Morgan fingerprint density at radius 3 is 2.67 bits per heavy atom. The van der Waals surface area contributed by atoms with Crippen molar-refractivity contribution in [2.45, 2.75) is 95.6 Å². The molecule has 0 spiro atoms. The third kappa shape index (κ3) is 3.17. The van der Waals surface area contributed by atoms with Crippen LogP contribution in [0.25, 0.3) is 0 Å². The predicted molar refractivity (Wildman–Crippen MR) is 90.3 cm³/mol. The van der Waals surface area contributed by atoms with E-state index in [4.69, 9.17) is 5.73 Å². The van der Waals surface area contributed by atoms with Crippen LogP contribution in [-0.4, -0.2) is 29.6 Å². The number of hydrogen-bond acceptors (Lipinski definition) is 2. The average molecular weight is 293 g/mol. The maximum absolute atomic E-state index is 6.39. The second kappa shape index (κ2) is 7.00. The number of rotatable bonds is 4. The van der Waals surface area contributed by atoms with Gasteiger partial charge in [0.1, 0.15) is 0 Å². The van der Waals surface area contributed by atoms with Crippen molar-refractivity contribution in [3.8, 4) is 0 Å². The van der Waals surface area contributed by atoms with Gasteiger partial charge in [-0.05, 0) is 56.9 Å². The van der Waals surface area contributed by atoms with Gasteiger partial charge in [-0.3, -0.25) is 4.90 Å². The Morgan fingerprint density at radius 1 is 1.00 bits per heavy atom. The van der Waals surface area contributed by atoms with Gasteiger partial charge in [0.15, 0.2) is 0 Å². The summed E-state index contributed by atoms with van der Waals surface area (Å²) in [6.07, 6.45) is 17.1. The number of fused-ring (bicyclic) bond motifs is 1. The van der Waals surface area contributed by atoms with Gasteiger partial charge in [-0.1, -0.05) is 45.4 Å². The maximum Gasteiger partial charge on any atom is 0.0334 e.